The molecule has 0 spiro atoms. The number of nitro groups is 1. The number of rotatable bonds is 4. The molecule has 0 atom stereocenters. The number of ether oxygens (including phenoxy) is 1. The van der Waals surface area contributed by atoms with Crippen molar-refractivity contribution in [2.75, 3.05) is 23.4 Å². The third kappa shape index (κ3) is 3.57. The summed E-state index contributed by atoms with van der Waals surface area (Å²) >= 11 is 5.65. The third-order valence-electron chi connectivity index (χ3n) is 3.60. The maximum Gasteiger partial charge on any atom is 0.271 e. The second kappa shape index (κ2) is 6.96. The van der Waals surface area contributed by atoms with E-state index in [-0.39, 0.29) is 34.4 Å². The highest BCUT2D eigenvalue weighted by molar-refractivity contribution is 6.30. The van der Waals surface area contributed by atoms with Gasteiger partial charge in [0.05, 0.1) is 16.3 Å². The van der Waals surface area contributed by atoms with E-state index in [9.17, 15) is 24.1 Å². The van der Waals surface area contributed by atoms with E-state index in [0.717, 1.165) is 17.0 Å². The van der Waals surface area contributed by atoms with Gasteiger partial charge in [0, 0.05) is 17.2 Å². The van der Waals surface area contributed by atoms with Crippen LogP contribution < -0.4 is 15.0 Å². The molecule has 0 aromatic heterocycles. The standard InChI is InChI=1S/C16H11ClFN3O5/c17-9-1-3-12(11(18)5-9)19-15(22)7-20-13-6-10(21(24)25)2-4-14(13)26-8-16(20)23/h1-6H,7-8H2,(H,19,22). The number of halogens is 2. The number of hydrogen-bond donors (Lipinski definition) is 1. The molecule has 0 fully saturated rings. The largest absolute Gasteiger partial charge is 0.482 e. The van der Waals surface area contributed by atoms with Crippen molar-refractivity contribution in [3.05, 3.63) is 57.4 Å². The zero-order chi connectivity index (χ0) is 18.8. The summed E-state index contributed by atoms with van der Waals surface area (Å²) in [6.45, 7) is -0.772. The Morgan fingerprint density at radius 1 is 1.35 bits per heavy atom. The number of carbonyl (C=O) groups excluding carboxylic acids is 2. The number of anilines is 2. The number of hydrogen-bond acceptors (Lipinski definition) is 5. The first-order valence-electron chi connectivity index (χ1n) is 7.31. The molecule has 26 heavy (non-hydrogen) atoms. The Morgan fingerprint density at radius 2 is 2.12 bits per heavy atom. The zero-order valence-electron chi connectivity index (χ0n) is 13.1. The van der Waals surface area contributed by atoms with Crippen molar-refractivity contribution >= 4 is 40.5 Å². The first-order chi connectivity index (χ1) is 12.3. The van der Waals surface area contributed by atoms with E-state index in [4.69, 9.17) is 16.3 Å². The minimum Gasteiger partial charge on any atom is -0.482 e. The number of benzene rings is 2. The van der Waals surface area contributed by atoms with E-state index >= 15 is 0 Å². The Morgan fingerprint density at radius 3 is 2.81 bits per heavy atom. The van der Waals surface area contributed by atoms with Crippen molar-refractivity contribution in [3.63, 3.8) is 0 Å². The number of non-ortho nitro benzene ring substituents is 1. The molecule has 0 bridgehead atoms. The Bertz CT molecular complexity index is 921. The van der Waals surface area contributed by atoms with Crippen LogP contribution in [-0.2, 0) is 9.59 Å². The molecule has 8 nitrogen and oxygen atoms in total. The summed E-state index contributed by atoms with van der Waals surface area (Å²) in [5.41, 5.74) is -0.252. The van der Waals surface area contributed by atoms with Crippen LogP contribution in [-0.4, -0.2) is 29.9 Å². The van der Waals surface area contributed by atoms with E-state index in [2.05, 4.69) is 5.32 Å². The van der Waals surface area contributed by atoms with Gasteiger partial charge in [0.25, 0.3) is 11.6 Å². The topological polar surface area (TPSA) is 102 Å². The second-order valence-corrected chi connectivity index (χ2v) is 5.79. The van der Waals surface area contributed by atoms with Crippen LogP contribution in [0.4, 0.5) is 21.5 Å². The van der Waals surface area contributed by atoms with E-state index in [1.807, 2.05) is 0 Å². The predicted octanol–water partition coefficient (Wildman–Crippen LogP) is 2.75. The fourth-order valence-electron chi connectivity index (χ4n) is 2.40. The summed E-state index contributed by atoms with van der Waals surface area (Å²) in [4.78, 5) is 35.7. The molecule has 1 aliphatic rings. The Labute approximate surface area is 151 Å². The highest BCUT2D eigenvalue weighted by Crippen LogP contribution is 2.35. The van der Waals surface area contributed by atoms with Crippen molar-refractivity contribution in [1.29, 1.82) is 0 Å². The number of carbonyl (C=O) groups is 2. The molecule has 2 amide bonds. The van der Waals surface area contributed by atoms with Gasteiger partial charge in [0.1, 0.15) is 18.1 Å². The molecule has 1 heterocycles. The SMILES string of the molecule is O=C(CN1C(=O)COc2ccc([N+](=O)[O-])cc21)Nc1ccc(Cl)cc1F. The van der Waals surface area contributed by atoms with E-state index < -0.39 is 29.1 Å². The Kier molecular flexibility index (Phi) is 4.72. The van der Waals surface area contributed by atoms with Crippen LogP contribution >= 0.6 is 11.6 Å². The normalized spacial score (nSPS) is 13.0. The molecular formula is C16H11ClFN3O5. The van der Waals surface area contributed by atoms with Gasteiger partial charge in [-0.05, 0) is 24.3 Å². The molecule has 0 aliphatic carbocycles. The van der Waals surface area contributed by atoms with Crippen molar-refractivity contribution in [2.45, 2.75) is 0 Å². The molecule has 1 N–H and O–H groups in total. The Hall–Kier alpha value is -3.20. The van der Waals surface area contributed by atoms with Gasteiger partial charge < -0.3 is 10.1 Å². The van der Waals surface area contributed by atoms with Gasteiger partial charge in [-0.2, -0.15) is 0 Å². The quantitative estimate of drug-likeness (QED) is 0.650. The summed E-state index contributed by atoms with van der Waals surface area (Å²) in [6.07, 6.45) is 0. The molecule has 2 aromatic rings. The summed E-state index contributed by atoms with van der Waals surface area (Å²) < 4.78 is 19.0. The summed E-state index contributed by atoms with van der Waals surface area (Å²) in [7, 11) is 0. The van der Waals surface area contributed by atoms with Gasteiger partial charge in [0.15, 0.2) is 6.61 Å². The summed E-state index contributed by atoms with van der Waals surface area (Å²) in [5.74, 6) is -1.72. The maximum absolute atomic E-state index is 13.8. The van der Waals surface area contributed by atoms with Gasteiger partial charge in [-0.3, -0.25) is 24.6 Å². The zero-order valence-corrected chi connectivity index (χ0v) is 13.8. The number of nitrogens with one attached hydrogen (secondary N) is 1. The summed E-state index contributed by atoms with van der Waals surface area (Å²) in [5, 5.41) is 13.4. The average molecular weight is 380 g/mol. The lowest BCUT2D eigenvalue weighted by Gasteiger charge is -2.28. The first-order valence-corrected chi connectivity index (χ1v) is 7.69. The molecule has 0 saturated carbocycles. The smallest absolute Gasteiger partial charge is 0.271 e. The van der Waals surface area contributed by atoms with Crippen LogP contribution in [0.5, 0.6) is 5.75 Å². The van der Waals surface area contributed by atoms with Gasteiger partial charge in [-0.1, -0.05) is 11.6 Å². The van der Waals surface area contributed by atoms with Crippen molar-refractivity contribution in [3.8, 4) is 5.75 Å². The van der Waals surface area contributed by atoms with Crippen LogP contribution in [0.15, 0.2) is 36.4 Å². The van der Waals surface area contributed by atoms with Crippen molar-refractivity contribution in [2.24, 2.45) is 0 Å². The van der Waals surface area contributed by atoms with Crippen LogP contribution in [0.3, 0.4) is 0 Å². The molecule has 3 rings (SSSR count). The van der Waals surface area contributed by atoms with Gasteiger partial charge in [-0.15, -0.1) is 0 Å². The molecule has 134 valence electrons. The lowest BCUT2D eigenvalue weighted by molar-refractivity contribution is -0.384. The van der Waals surface area contributed by atoms with Gasteiger partial charge in [-0.25, -0.2) is 4.39 Å². The lowest BCUT2D eigenvalue weighted by Crippen LogP contribution is -2.43. The molecule has 1 aliphatic heterocycles. The number of amides is 2. The van der Waals surface area contributed by atoms with E-state index in [1.54, 1.807) is 0 Å². The minimum absolute atomic E-state index is 0.0978. The minimum atomic E-state index is -0.727. The molecule has 0 radical (unpaired) electrons. The van der Waals surface area contributed by atoms with E-state index in [0.29, 0.717) is 0 Å². The van der Waals surface area contributed by atoms with Gasteiger partial charge >= 0.3 is 0 Å². The van der Waals surface area contributed by atoms with Crippen LogP contribution in [0.2, 0.25) is 5.02 Å². The van der Waals surface area contributed by atoms with Crippen molar-refractivity contribution in [1.82, 2.24) is 0 Å². The summed E-state index contributed by atoms with van der Waals surface area (Å²) in [6, 6.07) is 7.45. The molecule has 0 saturated heterocycles. The predicted molar refractivity (Wildman–Crippen MR) is 91.0 cm³/mol. The third-order valence-corrected chi connectivity index (χ3v) is 3.84. The first kappa shape index (κ1) is 17.6. The van der Waals surface area contributed by atoms with Crippen LogP contribution in [0, 0.1) is 15.9 Å². The number of fused-ring (bicyclic) bond motifs is 1. The molecule has 10 heteroatoms. The van der Waals surface area contributed by atoms with E-state index in [1.165, 1.54) is 24.3 Å². The molecule has 2 aromatic carbocycles. The van der Waals surface area contributed by atoms with Crippen LogP contribution in [0.25, 0.3) is 0 Å². The number of nitro benzene ring substituents is 1. The highest BCUT2D eigenvalue weighted by atomic mass is 35.5. The molecular weight excluding hydrogens is 369 g/mol. The van der Waals surface area contributed by atoms with Gasteiger partial charge in [0.2, 0.25) is 5.91 Å². The highest BCUT2D eigenvalue weighted by Gasteiger charge is 2.29. The fourth-order valence-corrected chi connectivity index (χ4v) is 2.56. The molecule has 0 unspecified atom stereocenters. The monoisotopic (exact) mass is 379 g/mol. The average Bonchev–Trinajstić information content (AvgIpc) is 2.59. The Balaban J connectivity index is 1.83. The maximum atomic E-state index is 13.8. The second-order valence-electron chi connectivity index (χ2n) is 5.35. The van der Waals surface area contributed by atoms with Crippen LogP contribution in [0.1, 0.15) is 0 Å². The van der Waals surface area contributed by atoms with Crippen molar-refractivity contribution < 1.29 is 23.6 Å². The fraction of sp³-hybridized carbons (Fsp3) is 0.125. The number of nitrogens with zero attached hydrogens (tertiary/aromatic N) is 2. The lowest BCUT2D eigenvalue weighted by atomic mass is 10.2.